The van der Waals surface area contributed by atoms with E-state index in [1.807, 2.05) is 12.1 Å². The van der Waals surface area contributed by atoms with Crippen LogP contribution in [0.25, 0.3) is 0 Å². The highest BCUT2D eigenvalue weighted by Gasteiger charge is 2.30. The lowest BCUT2D eigenvalue weighted by Gasteiger charge is -2.32. The standard InChI is InChI=1S/C22H25F3N2O2/c1-16-4-3-11-27(14-16)19-9-7-17(8-10-19)13-26-21(28)15-29-20-6-2-5-18(12-20)22(23,24)25/h2,5-10,12,16H,3-4,11,13-15H2,1H3,(H,26,28)/t16-/m1/s1. The number of ether oxygens (including phenoxy) is 1. The van der Waals surface area contributed by atoms with Gasteiger partial charge in [-0.2, -0.15) is 13.2 Å². The molecule has 1 atom stereocenters. The van der Waals surface area contributed by atoms with Gasteiger partial charge in [0.1, 0.15) is 5.75 Å². The normalized spacial score (nSPS) is 17.1. The van der Waals surface area contributed by atoms with Crippen LogP contribution in [-0.2, 0) is 17.5 Å². The van der Waals surface area contributed by atoms with E-state index in [-0.39, 0.29) is 12.4 Å². The summed E-state index contributed by atoms with van der Waals surface area (Å²) in [5.74, 6) is 0.311. The maximum absolute atomic E-state index is 12.7. The van der Waals surface area contributed by atoms with E-state index in [0.717, 1.165) is 30.8 Å². The Morgan fingerprint density at radius 3 is 2.66 bits per heavy atom. The molecule has 1 amide bonds. The Morgan fingerprint density at radius 2 is 1.97 bits per heavy atom. The molecule has 0 aliphatic carbocycles. The van der Waals surface area contributed by atoms with Crippen LogP contribution in [0.15, 0.2) is 48.5 Å². The molecule has 0 saturated carbocycles. The summed E-state index contributed by atoms with van der Waals surface area (Å²) < 4.78 is 43.3. The number of hydrogen-bond donors (Lipinski definition) is 1. The third-order valence-corrected chi connectivity index (χ3v) is 4.98. The molecule has 0 bridgehead atoms. The molecule has 1 aliphatic heterocycles. The lowest BCUT2D eigenvalue weighted by Crippen LogP contribution is -2.34. The van der Waals surface area contributed by atoms with Crippen molar-refractivity contribution in [1.29, 1.82) is 0 Å². The van der Waals surface area contributed by atoms with Crippen LogP contribution in [0.2, 0.25) is 0 Å². The molecule has 0 spiro atoms. The summed E-state index contributed by atoms with van der Waals surface area (Å²) in [4.78, 5) is 14.3. The molecule has 1 aliphatic rings. The molecule has 3 rings (SSSR count). The number of rotatable bonds is 6. The first-order valence-electron chi connectivity index (χ1n) is 9.72. The van der Waals surface area contributed by atoms with Crippen molar-refractivity contribution in [3.05, 3.63) is 59.7 Å². The Kier molecular flexibility index (Phi) is 6.67. The lowest BCUT2D eigenvalue weighted by molar-refractivity contribution is -0.137. The SMILES string of the molecule is C[C@@H]1CCCN(c2ccc(CNC(=O)COc3cccc(C(F)(F)F)c3)cc2)C1. The number of nitrogens with zero attached hydrogens (tertiary/aromatic N) is 1. The van der Waals surface area contributed by atoms with E-state index in [2.05, 4.69) is 29.3 Å². The van der Waals surface area contributed by atoms with E-state index < -0.39 is 17.6 Å². The zero-order valence-electron chi connectivity index (χ0n) is 16.3. The van der Waals surface area contributed by atoms with Crippen LogP contribution in [-0.4, -0.2) is 25.6 Å². The molecule has 1 N–H and O–H groups in total. The Hall–Kier alpha value is -2.70. The van der Waals surface area contributed by atoms with Gasteiger partial charge in [-0.05, 0) is 54.7 Å². The van der Waals surface area contributed by atoms with Crippen LogP contribution in [0.5, 0.6) is 5.75 Å². The number of halogens is 3. The van der Waals surface area contributed by atoms with Gasteiger partial charge in [0.15, 0.2) is 6.61 Å². The third-order valence-electron chi connectivity index (χ3n) is 4.98. The average molecular weight is 406 g/mol. The summed E-state index contributed by atoms with van der Waals surface area (Å²) in [7, 11) is 0. The number of amides is 1. The molecule has 156 valence electrons. The fourth-order valence-electron chi connectivity index (χ4n) is 3.41. The van der Waals surface area contributed by atoms with Gasteiger partial charge in [-0.3, -0.25) is 4.79 Å². The highest BCUT2D eigenvalue weighted by molar-refractivity contribution is 5.77. The molecular weight excluding hydrogens is 381 g/mol. The van der Waals surface area contributed by atoms with Gasteiger partial charge in [-0.1, -0.05) is 25.1 Å². The number of nitrogens with one attached hydrogen (secondary N) is 1. The maximum Gasteiger partial charge on any atom is 0.416 e. The van der Waals surface area contributed by atoms with Crippen molar-refractivity contribution in [2.24, 2.45) is 5.92 Å². The van der Waals surface area contributed by atoms with Gasteiger partial charge < -0.3 is 15.0 Å². The summed E-state index contributed by atoms with van der Waals surface area (Å²) in [6.45, 7) is 4.38. The average Bonchev–Trinajstić information content (AvgIpc) is 2.71. The Morgan fingerprint density at radius 1 is 1.21 bits per heavy atom. The Labute approximate surface area is 168 Å². The van der Waals surface area contributed by atoms with Crippen molar-refractivity contribution in [1.82, 2.24) is 5.32 Å². The number of hydrogen-bond acceptors (Lipinski definition) is 3. The van der Waals surface area contributed by atoms with Gasteiger partial charge in [0.05, 0.1) is 5.56 Å². The van der Waals surface area contributed by atoms with Crippen LogP contribution < -0.4 is 15.0 Å². The molecule has 1 saturated heterocycles. The number of anilines is 1. The van der Waals surface area contributed by atoms with E-state index in [4.69, 9.17) is 4.74 Å². The van der Waals surface area contributed by atoms with E-state index in [9.17, 15) is 18.0 Å². The quantitative estimate of drug-likeness (QED) is 0.760. The zero-order valence-corrected chi connectivity index (χ0v) is 16.3. The molecular formula is C22H25F3N2O2. The van der Waals surface area contributed by atoms with Gasteiger partial charge in [0.2, 0.25) is 0 Å². The van der Waals surface area contributed by atoms with Crippen LogP contribution in [0.3, 0.4) is 0 Å². The van der Waals surface area contributed by atoms with Crippen molar-refractivity contribution in [3.8, 4) is 5.75 Å². The largest absolute Gasteiger partial charge is 0.484 e. The maximum atomic E-state index is 12.7. The minimum absolute atomic E-state index is 0.00934. The van der Waals surface area contributed by atoms with E-state index >= 15 is 0 Å². The molecule has 4 nitrogen and oxygen atoms in total. The summed E-state index contributed by atoms with van der Waals surface area (Å²) >= 11 is 0. The summed E-state index contributed by atoms with van der Waals surface area (Å²) in [5, 5.41) is 2.72. The molecule has 29 heavy (non-hydrogen) atoms. The molecule has 7 heteroatoms. The minimum atomic E-state index is -4.44. The van der Waals surface area contributed by atoms with E-state index in [1.165, 1.54) is 30.7 Å². The van der Waals surface area contributed by atoms with Crippen molar-refractivity contribution in [2.75, 3.05) is 24.6 Å². The summed E-state index contributed by atoms with van der Waals surface area (Å²) in [5.41, 5.74) is 1.32. The second-order valence-corrected chi connectivity index (χ2v) is 7.45. The number of carbonyl (C=O) groups is 1. The predicted octanol–water partition coefficient (Wildman–Crippen LogP) is 4.64. The predicted molar refractivity (Wildman–Crippen MR) is 106 cm³/mol. The van der Waals surface area contributed by atoms with Crippen LogP contribution >= 0.6 is 0 Å². The molecule has 0 unspecified atom stereocenters. The van der Waals surface area contributed by atoms with Crippen LogP contribution in [0.4, 0.5) is 18.9 Å². The highest BCUT2D eigenvalue weighted by atomic mass is 19.4. The summed E-state index contributed by atoms with van der Waals surface area (Å²) in [6, 6.07) is 12.5. The first-order valence-corrected chi connectivity index (χ1v) is 9.72. The van der Waals surface area contributed by atoms with Crippen molar-refractivity contribution in [3.63, 3.8) is 0 Å². The highest BCUT2D eigenvalue weighted by Crippen LogP contribution is 2.31. The van der Waals surface area contributed by atoms with Crippen molar-refractivity contribution < 1.29 is 22.7 Å². The van der Waals surface area contributed by atoms with Gasteiger partial charge >= 0.3 is 6.18 Å². The number of carbonyl (C=O) groups excluding carboxylic acids is 1. The third kappa shape index (κ3) is 6.14. The minimum Gasteiger partial charge on any atom is -0.484 e. The second-order valence-electron chi connectivity index (χ2n) is 7.45. The molecule has 2 aromatic carbocycles. The number of alkyl halides is 3. The van der Waals surface area contributed by atoms with Crippen molar-refractivity contribution >= 4 is 11.6 Å². The molecule has 2 aromatic rings. The van der Waals surface area contributed by atoms with E-state index in [0.29, 0.717) is 12.5 Å². The first kappa shape index (κ1) is 21.0. The van der Waals surface area contributed by atoms with Gasteiger partial charge in [0.25, 0.3) is 5.91 Å². The molecule has 0 radical (unpaired) electrons. The first-order chi connectivity index (χ1) is 13.8. The number of benzene rings is 2. The fraction of sp³-hybridized carbons (Fsp3) is 0.409. The Bertz CT molecular complexity index is 822. The topological polar surface area (TPSA) is 41.6 Å². The lowest BCUT2D eigenvalue weighted by atomic mass is 9.99. The summed E-state index contributed by atoms with van der Waals surface area (Å²) in [6.07, 6.45) is -1.98. The molecule has 0 aromatic heterocycles. The zero-order chi connectivity index (χ0) is 20.9. The van der Waals surface area contributed by atoms with Gasteiger partial charge in [-0.25, -0.2) is 0 Å². The molecule has 1 heterocycles. The fourth-order valence-corrected chi connectivity index (χ4v) is 3.41. The number of piperidine rings is 1. The van der Waals surface area contributed by atoms with Crippen molar-refractivity contribution in [2.45, 2.75) is 32.5 Å². The van der Waals surface area contributed by atoms with Crippen LogP contribution in [0.1, 0.15) is 30.9 Å². The van der Waals surface area contributed by atoms with E-state index in [1.54, 1.807) is 0 Å². The van der Waals surface area contributed by atoms with Gasteiger partial charge in [0, 0.05) is 25.3 Å². The second kappa shape index (κ2) is 9.20. The smallest absolute Gasteiger partial charge is 0.416 e. The van der Waals surface area contributed by atoms with Gasteiger partial charge in [-0.15, -0.1) is 0 Å². The molecule has 1 fully saturated rings. The Balaban J connectivity index is 1.46. The van der Waals surface area contributed by atoms with Crippen LogP contribution in [0, 0.1) is 5.92 Å². The monoisotopic (exact) mass is 406 g/mol.